The summed E-state index contributed by atoms with van der Waals surface area (Å²) in [6.45, 7) is 1.28. The van der Waals surface area contributed by atoms with Crippen LogP contribution in [-0.4, -0.2) is 26.2 Å². The molecule has 0 amide bonds. The summed E-state index contributed by atoms with van der Waals surface area (Å²) in [4.78, 5) is 22.1. The fraction of sp³-hybridized carbons (Fsp3) is 0.273. The number of carbonyl (C=O) groups is 2. The van der Waals surface area contributed by atoms with Crippen LogP contribution >= 0.6 is 0 Å². The molecule has 0 aromatic heterocycles. The lowest BCUT2D eigenvalue weighted by molar-refractivity contribution is -0.131. The zero-order chi connectivity index (χ0) is 12.1. The van der Waals surface area contributed by atoms with Gasteiger partial charge in [0, 0.05) is 6.92 Å². The van der Waals surface area contributed by atoms with Crippen molar-refractivity contribution in [3.63, 3.8) is 0 Å². The van der Waals surface area contributed by atoms with Gasteiger partial charge in [0.25, 0.3) is 0 Å². The molecule has 0 aliphatic carbocycles. The normalized spacial score (nSPS) is 9.44. The van der Waals surface area contributed by atoms with E-state index < -0.39 is 11.9 Å². The van der Waals surface area contributed by atoms with Gasteiger partial charge in [-0.15, -0.1) is 0 Å². The highest BCUT2D eigenvalue weighted by atomic mass is 16.5. The minimum absolute atomic E-state index is 0.212. The Morgan fingerprint density at radius 2 is 1.88 bits per heavy atom. The molecule has 1 aromatic carbocycles. The summed E-state index contributed by atoms with van der Waals surface area (Å²) in [6, 6.07) is 4.46. The number of hydrogen-bond donors (Lipinski definition) is 0. The fourth-order valence-corrected chi connectivity index (χ4v) is 1.19. The largest absolute Gasteiger partial charge is 0.496 e. The molecule has 0 saturated heterocycles. The zero-order valence-corrected chi connectivity index (χ0v) is 9.27. The van der Waals surface area contributed by atoms with Crippen molar-refractivity contribution < 1.29 is 23.8 Å². The van der Waals surface area contributed by atoms with Crippen LogP contribution < -0.4 is 9.47 Å². The molecule has 5 nitrogen and oxygen atoms in total. The summed E-state index contributed by atoms with van der Waals surface area (Å²) in [6.07, 6.45) is 0. The molecule has 0 saturated carbocycles. The van der Waals surface area contributed by atoms with Gasteiger partial charge in [0.05, 0.1) is 14.2 Å². The number of esters is 2. The Hall–Kier alpha value is -2.04. The second-order valence-corrected chi connectivity index (χ2v) is 2.95. The molecule has 0 bridgehead atoms. The van der Waals surface area contributed by atoms with E-state index in [0.29, 0.717) is 5.75 Å². The van der Waals surface area contributed by atoms with Crippen molar-refractivity contribution in [1.29, 1.82) is 0 Å². The minimum atomic E-state index is -0.550. The van der Waals surface area contributed by atoms with Gasteiger partial charge in [-0.05, 0) is 18.2 Å². The van der Waals surface area contributed by atoms with Crippen molar-refractivity contribution in [2.24, 2.45) is 0 Å². The summed E-state index contributed by atoms with van der Waals surface area (Å²) in [7, 11) is 2.70. The molecular formula is C11H12O5. The van der Waals surface area contributed by atoms with Crippen molar-refractivity contribution in [1.82, 2.24) is 0 Å². The number of ether oxygens (including phenoxy) is 3. The van der Waals surface area contributed by atoms with Gasteiger partial charge in [-0.3, -0.25) is 4.79 Å². The van der Waals surface area contributed by atoms with Gasteiger partial charge in [-0.25, -0.2) is 4.79 Å². The maximum atomic E-state index is 11.4. The number of methoxy groups -OCH3 is 2. The Morgan fingerprint density at radius 3 is 2.38 bits per heavy atom. The molecule has 0 fully saturated rings. The highest BCUT2D eigenvalue weighted by Gasteiger charge is 2.14. The van der Waals surface area contributed by atoms with E-state index in [1.54, 1.807) is 0 Å². The van der Waals surface area contributed by atoms with Gasteiger partial charge in [0.1, 0.15) is 17.1 Å². The van der Waals surface area contributed by atoms with Gasteiger partial charge in [-0.1, -0.05) is 0 Å². The van der Waals surface area contributed by atoms with Crippen LogP contribution in [0.4, 0.5) is 0 Å². The number of hydrogen-bond acceptors (Lipinski definition) is 5. The predicted molar refractivity (Wildman–Crippen MR) is 55.6 cm³/mol. The van der Waals surface area contributed by atoms with Crippen LogP contribution in [0.15, 0.2) is 18.2 Å². The van der Waals surface area contributed by atoms with E-state index in [-0.39, 0.29) is 11.3 Å². The summed E-state index contributed by atoms with van der Waals surface area (Å²) in [5.41, 5.74) is 0.212. The van der Waals surface area contributed by atoms with E-state index in [0.717, 1.165) is 0 Å². The van der Waals surface area contributed by atoms with E-state index in [4.69, 9.17) is 9.47 Å². The first kappa shape index (κ1) is 12.0. The number of benzene rings is 1. The Balaban J connectivity index is 3.10. The maximum Gasteiger partial charge on any atom is 0.341 e. The molecule has 0 radical (unpaired) electrons. The fourth-order valence-electron chi connectivity index (χ4n) is 1.19. The van der Waals surface area contributed by atoms with Crippen LogP contribution in [0.3, 0.4) is 0 Å². The monoisotopic (exact) mass is 224 g/mol. The number of rotatable bonds is 3. The van der Waals surface area contributed by atoms with Crippen molar-refractivity contribution in [2.75, 3.05) is 14.2 Å². The van der Waals surface area contributed by atoms with Crippen LogP contribution in [0.5, 0.6) is 11.5 Å². The van der Waals surface area contributed by atoms with Gasteiger partial charge in [0.15, 0.2) is 0 Å². The van der Waals surface area contributed by atoms with E-state index in [2.05, 4.69) is 4.74 Å². The molecule has 0 spiro atoms. The van der Waals surface area contributed by atoms with Gasteiger partial charge >= 0.3 is 11.9 Å². The third-order valence-electron chi connectivity index (χ3n) is 1.84. The third-order valence-corrected chi connectivity index (χ3v) is 1.84. The Labute approximate surface area is 92.9 Å². The molecule has 0 N–H and O–H groups in total. The van der Waals surface area contributed by atoms with Crippen molar-refractivity contribution >= 4 is 11.9 Å². The van der Waals surface area contributed by atoms with E-state index >= 15 is 0 Å². The molecule has 0 atom stereocenters. The second kappa shape index (κ2) is 5.16. The highest BCUT2D eigenvalue weighted by molar-refractivity contribution is 5.93. The Kier molecular flexibility index (Phi) is 3.88. The molecule has 5 heteroatoms. The van der Waals surface area contributed by atoms with Crippen LogP contribution in [0.1, 0.15) is 17.3 Å². The third kappa shape index (κ3) is 2.73. The first-order valence-electron chi connectivity index (χ1n) is 4.53. The van der Waals surface area contributed by atoms with E-state index in [1.807, 2.05) is 0 Å². The molecule has 1 rings (SSSR count). The topological polar surface area (TPSA) is 61.8 Å². The van der Waals surface area contributed by atoms with E-state index in [9.17, 15) is 9.59 Å². The van der Waals surface area contributed by atoms with Crippen LogP contribution in [0.25, 0.3) is 0 Å². The average molecular weight is 224 g/mol. The molecule has 86 valence electrons. The Morgan fingerprint density at radius 1 is 1.19 bits per heavy atom. The van der Waals surface area contributed by atoms with Crippen molar-refractivity contribution in [3.8, 4) is 11.5 Å². The van der Waals surface area contributed by atoms with E-state index in [1.165, 1.54) is 39.3 Å². The van der Waals surface area contributed by atoms with Crippen LogP contribution in [-0.2, 0) is 9.53 Å². The molecule has 0 aliphatic rings. The summed E-state index contributed by atoms with van der Waals surface area (Å²) in [5.74, 6) is -0.372. The standard InChI is InChI=1S/C11H12O5/c1-7(12)16-8-4-5-10(14-2)9(6-8)11(13)15-3/h4-6H,1-3H3. The van der Waals surface area contributed by atoms with Gasteiger partial charge in [-0.2, -0.15) is 0 Å². The SMILES string of the molecule is COC(=O)c1cc(OC(C)=O)ccc1OC. The highest BCUT2D eigenvalue weighted by Crippen LogP contribution is 2.24. The Bertz CT molecular complexity index is 411. The smallest absolute Gasteiger partial charge is 0.341 e. The molecule has 16 heavy (non-hydrogen) atoms. The molecule has 1 aromatic rings. The summed E-state index contributed by atoms with van der Waals surface area (Å²) < 4.78 is 14.4. The lowest BCUT2D eigenvalue weighted by atomic mass is 10.2. The van der Waals surface area contributed by atoms with Crippen molar-refractivity contribution in [2.45, 2.75) is 6.92 Å². The maximum absolute atomic E-state index is 11.4. The molecule has 0 unspecified atom stereocenters. The minimum Gasteiger partial charge on any atom is -0.496 e. The quantitative estimate of drug-likeness (QED) is 0.573. The van der Waals surface area contributed by atoms with Gasteiger partial charge in [0.2, 0.25) is 0 Å². The summed E-state index contributed by atoms with van der Waals surface area (Å²) in [5, 5.41) is 0. The van der Waals surface area contributed by atoms with Crippen LogP contribution in [0.2, 0.25) is 0 Å². The first-order valence-corrected chi connectivity index (χ1v) is 4.53. The van der Waals surface area contributed by atoms with Crippen LogP contribution in [0, 0.1) is 0 Å². The number of carbonyl (C=O) groups excluding carboxylic acids is 2. The average Bonchev–Trinajstić information content (AvgIpc) is 2.27. The molecule has 0 heterocycles. The lowest BCUT2D eigenvalue weighted by Crippen LogP contribution is -2.06. The second-order valence-electron chi connectivity index (χ2n) is 2.95. The zero-order valence-electron chi connectivity index (χ0n) is 9.27. The van der Waals surface area contributed by atoms with Crippen molar-refractivity contribution in [3.05, 3.63) is 23.8 Å². The lowest BCUT2D eigenvalue weighted by Gasteiger charge is -2.08. The first-order chi connectivity index (χ1) is 7.58. The summed E-state index contributed by atoms with van der Waals surface area (Å²) >= 11 is 0. The molecular weight excluding hydrogens is 212 g/mol. The van der Waals surface area contributed by atoms with Gasteiger partial charge < -0.3 is 14.2 Å². The predicted octanol–water partition coefficient (Wildman–Crippen LogP) is 1.41. The molecule has 0 aliphatic heterocycles.